The van der Waals surface area contributed by atoms with Crippen LogP contribution in [0.25, 0.3) is 6.08 Å². The maximum atomic E-state index is 11.1. The number of ketones is 1. The van der Waals surface area contributed by atoms with Gasteiger partial charge in [-0.15, -0.1) is 0 Å². The molecule has 0 saturated heterocycles. The molecule has 0 bridgehead atoms. The van der Waals surface area contributed by atoms with Crippen LogP contribution in [0.4, 0.5) is 0 Å². The monoisotopic (exact) mass is 236 g/mol. The van der Waals surface area contributed by atoms with E-state index in [0.717, 1.165) is 16.5 Å². The van der Waals surface area contributed by atoms with Crippen LogP contribution < -0.4 is 0 Å². The predicted octanol–water partition coefficient (Wildman–Crippen LogP) is 2.98. The Balaban J connectivity index is 2.41. The van der Waals surface area contributed by atoms with Crippen molar-refractivity contribution in [2.75, 3.05) is 0 Å². The van der Waals surface area contributed by atoms with Crippen LogP contribution in [-0.2, 0) is 11.2 Å². The lowest BCUT2D eigenvalue weighted by molar-refractivity contribution is -0.113. The molecule has 1 aromatic carbocycles. The predicted molar refractivity (Wildman–Crippen MR) is 56.5 cm³/mol. The molecule has 0 aromatic heterocycles. The van der Waals surface area contributed by atoms with Crippen LogP contribution in [0.3, 0.4) is 0 Å². The molecule has 13 heavy (non-hydrogen) atoms. The first-order valence-corrected chi connectivity index (χ1v) is 4.96. The highest BCUT2D eigenvalue weighted by atomic mass is 79.9. The molecule has 1 aliphatic rings. The molecule has 0 heterocycles. The number of rotatable bonds is 1. The number of hydrogen-bond donors (Lipinski definition) is 0. The Labute approximate surface area is 85.6 Å². The fourth-order valence-corrected chi connectivity index (χ4v) is 1.95. The molecule has 0 amide bonds. The van der Waals surface area contributed by atoms with E-state index >= 15 is 0 Å². The first kappa shape index (κ1) is 8.70. The standard InChI is InChI=1S/C11H9BrO/c1-7(13)9-4-8-2-3-11(12)6-10(8)5-9/h2-4,6H,5H2,1H3. The molecule has 0 atom stereocenters. The summed E-state index contributed by atoms with van der Waals surface area (Å²) in [5.41, 5.74) is 3.32. The summed E-state index contributed by atoms with van der Waals surface area (Å²) in [6.45, 7) is 1.62. The van der Waals surface area contributed by atoms with E-state index < -0.39 is 0 Å². The number of carbonyl (C=O) groups excluding carboxylic acids is 1. The van der Waals surface area contributed by atoms with Crippen molar-refractivity contribution in [3.8, 4) is 0 Å². The number of halogens is 1. The van der Waals surface area contributed by atoms with Crippen LogP contribution in [0.15, 0.2) is 28.2 Å². The Morgan fingerprint density at radius 2 is 2.23 bits per heavy atom. The Bertz CT molecular complexity index is 405. The topological polar surface area (TPSA) is 17.1 Å². The van der Waals surface area contributed by atoms with Gasteiger partial charge in [-0.2, -0.15) is 0 Å². The zero-order chi connectivity index (χ0) is 9.42. The van der Waals surface area contributed by atoms with E-state index in [0.29, 0.717) is 0 Å². The summed E-state index contributed by atoms with van der Waals surface area (Å²) in [6.07, 6.45) is 2.76. The first-order valence-electron chi connectivity index (χ1n) is 4.17. The van der Waals surface area contributed by atoms with Gasteiger partial charge in [-0.3, -0.25) is 4.79 Å². The summed E-state index contributed by atoms with van der Waals surface area (Å²) in [4.78, 5) is 11.1. The maximum Gasteiger partial charge on any atom is 0.156 e. The largest absolute Gasteiger partial charge is 0.295 e. The summed E-state index contributed by atoms with van der Waals surface area (Å²) in [5, 5.41) is 0. The third-order valence-corrected chi connectivity index (χ3v) is 2.76. The molecular weight excluding hydrogens is 228 g/mol. The molecule has 0 fully saturated rings. The third kappa shape index (κ3) is 1.59. The average molecular weight is 237 g/mol. The number of fused-ring (bicyclic) bond motifs is 1. The minimum Gasteiger partial charge on any atom is -0.295 e. The maximum absolute atomic E-state index is 11.1. The van der Waals surface area contributed by atoms with Crippen LogP contribution in [0.1, 0.15) is 18.1 Å². The van der Waals surface area contributed by atoms with Crippen LogP contribution in [0.2, 0.25) is 0 Å². The minimum atomic E-state index is 0.173. The summed E-state index contributed by atoms with van der Waals surface area (Å²) < 4.78 is 1.07. The summed E-state index contributed by atoms with van der Waals surface area (Å²) >= 11 is 3.41. The normalized spacial score (nSPS) is 13.8. The van der Waals surface area contributed by atoms with Gasteiger partial charge in [-0.05, 0) is 41.8 Å². The van der Waals surface area contributed by atoms with E-state index in [9.17, 15) is 4.79 Å². The number of Topliss-reactive ketones (excluding diaryl/α,β-unsaturated/α-hetero) is 1. The van der Waals surface area contributed by atoms with E-state index in [1.165, 1.54) is 11.1 Å². The number of carbonyl (C=O) groups is 1. The quantitative estimate of drug-likeness (QED) is 0.733. The van der Waals surface area contributed by atoms with Crippen LogP contribution in [0.5, 0.6) is 0 Å². The SMILES string of the molecule is CC(=O)C1=Cc2ccc(Br)cc2C1. The summed E-state index contributed by atoms with van der Waals surface area (Å²) in [5.74, 6) is 0.173. The number of benzene rings is 1. The van der Waals surface area contributed by atoms with Crippen molar-refractivity contribution in [3.63, 3.8) is 0 Å². The fourth-order valence-electron chi connectivity index (χ4n) is 1.54. The highest BCUT2D eigenvalue weighted by Crippen LogP contribution is 2.27. The molecular formula is C11H9BrO. The lowest BCUT2D eigenvalue weighted by Crippen LogP contribution is -1.95. The lowest BCUT2D eigenvalue weighted by atomic mass is 10.1. The molecule has 2 rings (SSSR count). The second kappa shape index (κ2) is 3.11. The van der Waals surface area contributed by atoms with Crippen molar-refractivity contribution >= 4 is 27.8 Å². The van der Waals surface area contributed by atoms with E-state index in [4.69, 9.17) is 0 Å². The molecule has 0 radical (unpaired) electrons. The molecule has 1 aromatic rings. The first-order chi connectivity index (χ1) is 6.16. The molecule has 2 heteroatoms. The van der Waals surface area contributed by atoms with Crippen molar-refractivity contribution in [1.82, 2.24) is 0 Å². The lowest BCUT2D eigenvalue weighted by Gasteiger charge is -1.98. The van der Waals surface area contributed by atoms with Gasteiger partial charge in [0.1, 0.15) is 0 Å². The van der Waals surface area contributed by atoms with E-state index in [2.05, 4.69) is 22.0 Å². The van der Waals surface area contributed by atoms with Gasteiger partial charge >= 0.3 is 0 Å². The molecule has 0 unspecified atom stereocenters. The van der Waals surface area contributed by atoms with Crippen molar-refractivity contribution in [1.29, 1.82) is 0 Å². The summed E-state index contributed by atoms with van der Waals surface area (Å²) in [6, 6.07) is 6.11. The average Bonchev–Trinajstić information content (AvgIpc) is 2.46. The van der Waals surface area contributed by atoms with Gasteiger partial charge in [0.15, 0.2) is 5.78 Å². The zero-order valence-electron chi connectivity index (χ0n) is 7.30. The molecule has 0 N–H and O–H groups in total. The number of allylic oxidation sites excluding steroid dienone is 1. The van der Waals surface area contributed by atoms with Crippen LogP contribution in [-0.4, -0.2) is 5.78 Å². The minimum absolute atomic E-state index is 0.173. The van der Waals surface area contributed by atoms with Gasteiger partial charge in [0.05, 0.1) is 0 Å². The molecule has 0 saturated carbocycles. The van der Waals surface area contributed by atoms with Crippen molar-refractivity contribution in [2.45, 2.75) is 13.3 Å². The van der Waals surface area contributed by atoms with Gasteiger partial charge < -0.3 is 0 Å². The second-order valence-electron chi connectivity index (χ2n) is 3.25. The Morgan fingerprint density at radius 3 is 2.92 bits per heavy atom. The molecule has 0 spiro atoms. The van der Waals surface area contributed by atoms with E-state index in [1.54, 1.807) is 6.92 Å². The van der Waals surface area contributed by atoms with Gasteiger partial charge in [0, 0.05) is 10.9 Å². The van der Waals surface area contributed by atoms with Crippen molar-refractivity contribution in [2.24, 2.45) is 0 Å². The Morgan fingerprint density at radius 1 is 1.46 bits per heavy atom. The zero-order valence-corrected chi connectivity index (χ0v) is 8.89. The fraction of sp³-hybridized carbons (Fsp3) is 0.182. The summed E-state index contributed by atoms with van der Waals surface area (Å²) in [7, 11) is 0. The van der Waals surface area contributed by atoms with Gasteiger partial charge in [0.25, 0.3) is 0 Å². The molecule has 66 valence electrons. The smallest absolute Gasteiger partial charge is 0.156 e. The Kier molecular flexibility index (Phi) is 2.08. The highest BCUT2D eigenvalue weighted by Gasteiger charge is 2.15. The molecule has 1 aliphatic carbocycles. The molecule has 0 aliphatic heterocycles. The van der Waals surface area contributed by atoms with Crippen molar-refractivity contribution in [3.05, 3.63) is 39.4 Å². The van der Waals surface area contributed by atoms with Crippen LogP contribution in [0, 0.1) is 0 Å². The molecule has 1 nitrogen and oxygen atoms in total. The Hall–Kier alpha value is -0.890. The third-order valence-electron chi connectivity index (χ3n) is 2.27. The second-order valence-corrected chi connectivity index (χ2v) is 4.16. The van der Waals surface area contributed by atoms with Gasteiger partial charge in [0.2, 0.25) is 0 Å². The van der Waals surface area contributed by atoms with Crippen LogP contribution >= 0.6 is 15.9 Å². The van der Waals surface area contributed by atoms with E-state index in [-0.39, 0.29) is 5.78 Å². The number of hydrogen-bond acceptors (Lipinski definition) is 1. The highest BCUT2D eigenvalue weighted by molar-refractivity contribution is 9.10. The van der Waals surface area contributed by atoms with Gasteiger partial charge in [-0.1, -0.05) is 22.0 Å². The van der Waals surface area contributed by atoms with E-state index in [1.807, 2.05) is 18.2 Å². The van der Waals surface area contributed by atoms with Crippen molar-refractivity contribution < 1.29 is 4.79 Å². The van der Waals surface area contributed by atoms with Gasteiger partial charge in [-0.25, -0.2) is 0 Å².